The number of aromatic nitrogens is 2. The van der Waals surface area contributed by atoms with Crippen molar-refractivity contribution >= 4 is 17.7 Å². The van der Waals surface area contributed by atoms with Gasteiger partial charge in [-0.2, -0.15) is 5.10 Å². The zero-order valence-electron chi connectivity index (χ0n) is 13.6. The van der Waals surface area contributed by atoms with Gasteiger partial charge in [0.15, 0.2) is 0 Å². The number of carbonyl (C=O) groups excluding carboxylic acids is 2. The molecule has 1 aromatic heterocycles. The van der Waals surface area contributed by atoms with Gasteiger partial charge in [0.1, 0.15) is 11.4 Å². The third kappa shape index (κ3) is 3.90. The zero-order chi connectivity index (χ0) is 17.5. The van der Waals surface area contributed by atoms with Crippen LogP contribution in [0.1, 0.15) is 27.1 Å². The predicted molar refractivity (Wildman–Crippen MR) is 88.1 cm³/mol. The van der Waals surface area contributed by atoms with Crippen LogP contribution in [0.2, 0.25) is 0 Å². The maximum Gasteiger partial charge on any atom is 0.343 e. The van der Waals surface area contributed by atoms with E-state index in [-0.39, 0.29) is 17.3 Å². The first-order valence-electron chi connectivity index (χ1n) is 7.38. The molecule has 0 fully saturated rings. The average molecular weight is 332 g/mol. The summed E-state index contributed by atoms with van der Waals surface area (Å²) in [6, 6.07) is 6.74. The van der Waals surface area contributed by atoms with E-state index in [9.17, 15) is 9.59 Å². The van der Waals surface area contributed by atoms with Gasteiger partial charge in [0, 0.05) is 25.8 Å². The van der Waals surface area contributed by atoms with Gasteiger partial charge in [-0.15, -0.1) is 0 Å². The van der Waals surface area contributed by atoms with Crippen molar-refractivity contribution in [1.82, 2.24) is 15.1 Å². The molecule has 1 amide bonds. The van der Waals surface area contributed by atoms with Crippen molar-refractivity contribution in [2.24, 2.45) is 0 Å². The van der Waals surface area contributed by atoms with Crippen LogP contribution in [0.15, 0.2) is 30.5 Å². The average Bonchev–Trinajstić information content (AvgIpc) is 2.99. The summed E-state index contributed by atoms with van der Waals surface area (Å²) in [6.07, 6.45) is 2.10. The van der Waals surface area contributed by atoms with Crippen LogP contribution in [0.3, 0.4) is 0 Å². The van der Waals surface area contributed by atoms with Crippen molar-refractivity contribution in [2.45, 2.75) is 6.42 Å². The minimum atomic E-state index is -0.550. The minimum absolute atomic E-state index is 0.165. The van der Waals surface area contributed by atoms with Gasteiger partial charge in [0.05, 0.1) is 19.0 Å². The molecule has 0 bridgehead atoms. The highest BCUT2D eigenvalue weighted by atomic mass is 16.5. The van der Waals surface area contributed by atoms with Crippen molar-refractivity contribution in [1.29, 1.82) is 0 Å². The molecule has 2 aromatic rings. The van der Waals surface area contributed by atoms with Gasteiger partial charge < -0.3 is 20.5 Å². The second kappa shape index (κ2) is 8.11. The van der Waals surface area contributed by atoms with E-state index in [0.29, 0.717) is 24.4 Å². The second-order valence-corrected chi connectivity index (χ2v) is 5.00. The Morgan fingerprint density at radius 2 is 1.96 bits per heavy atom. The van der Waals surface area contributed by atoms with Crippen LogP contribution in [-0.4, -0.2) is 49.0 Å². The lowest BCUT2D eigenvalue weighted by molar-refractivity contribution is 0.0601. The van der Waals surface area contributed by atoms with Gasteiger partial charge in [-0.1, -0.05) is 0 Å². The molecule has 0 saturated heterocycles. The van der Waals surface area contributed by atoms with E-state index < -0.39 is 5.97 Å². The van der Waals surface area contributed by atoms with Gasteiger partial charge in [-0.3, -0.25) is 4.79 Å². The second-order valence-electron chi connectivity index (χ2n) is 5.00. The Morgan fingerprint density at radius 3 is 2.58 bits per heavy atom. The zero-order valence-corrected chi connectivity index (χ0v) is 13.6. The van der Waals surface area contributed by atoms with Crippen molar-refractivity contribution < 1.29 is 19.1 Å². The molecule has 8 heteroatoms. The molecule has 8 nitrogen and oxygen atoms in total. The molecule has 0 aliphatic heterocycles. The Bertz CT molecular complexity index is 709. The number of anilines is 1. The number of nitrogens with two attached hydrogens (primary N) is 1. The Kier molecular flexibility index (Phi) is 5.91. The Hall–Kier alpha value is -2.87. The molecule has 0 aliphatic carbocycles. The Morgan fingerprint density at radius 1 is 1.25 bits per heavy atom. The molecule has 0 unspecified atom stereocenters. The van der Waals surface area contributed by atoms with E-state index in [2.05, 4.69) is 15.2 Å². The monoisotopic (exact) mass is 332 g/mol. The fourth-order valence-electron chi connectivity index (χ4n) is 2.11. The quantitative estimate of drug-likeness (QED) is 0.578. The summed E-state index contributed by atoms with van der Waals surface area (Å²) in [5, 5.41) is 6.88. The highest BCUT2D eigenvalue weighted by molar-refractivity contribution is 5.95. The lowest BCUT2D eigenvalue weighted by atomic mass is 10.2. The maximum absolute atomic E-state index is 12.0. The summed E-state index contributed by atoms with van der Waals surface area (Å²) >= 11 is 0. The summed E-state index contributed by atoms with van der Waals surface area (Å²) in [4.78, 5) is 23.5. The summed E-state index contributed by atoms with van der Waals surface area (Å²) in [7, 11) is 2.90. The fraction of sp³-hybridized carbons (Fsp3) is 0.312. The molecule has 1 heterocycles. The van der Waals surface area contributed by atoms with E-state index in [0.717, 1.165) is 6.42 Å². The van der Waals surface area contributed by atoms with Gasteiger partial charge in [-0.25, -0.2) is 9.48 Å². The molecule has 0 saturated carbocycles. The van der Waals surface area contributed by atoms with E-state index in [1.165, 1.54) is 18.0 Å². The van der Waals surface area contributed by atoms with E-state index in [1.807, 2.05) is 0 Å². The van der Waals surface area contributed by atoms with Crippen LogP contribution < -0.4 is 11.1 Å². The number of nitrogen functional groups attached to an aromatic ring is 1. The van der Waals surface area contributed by atoms with E-state index in [4.69, 9.17) is 10.5 Å². The first-order chi connectivity index (χ1) is 11.6. The molecule has 1 aromatic carbocycles. The Labute approximate surface area is 139 Å². The highest BCUT2D eigenvalue weighted by Gasteiger charge is 2.16. The lowest BCUT2D eigenvalue weighted by Crippen LogP contribution is -2.25. The SMILES string of the molecule is COCCCNC(=O)c1ccc(-n2ncc(C(=O)OC)c2N)cc1. The number of nitrogens with one attached hydrogen (secondary N) is 1. The van der Waals surface area contributed by atoms with Crippen LogP contribution in [0.4, 0.5) is 5.82 Å². The molecule has 0 atom stereocenters. The maximum atomic E-state index is 12.0. The summed E-state index contributed by atoms with van der Waals surface area (Å²) in [5.41, 5.74) is 7.27. The molecule has 128 valence electrons. The number of nitrogens with zero attached hydrogens (tertiary/aromatic N) is 2. The number of amides is 1. The van der Waals surface area contributed by atoms with Crippen molar-refractivity contribution in [2.75, 3.05) is 33.1 Å². The molecular weight excluding hydrogens is 312 g/mol. The summed E-state index contributed by atoms with van der Waals surface area (Å²) < 4.78 is 11.0. The third-order valence-electron chi connectivity index (χ3n) is 3.40. The van der Waals surface area contributed by atoms with E-state index >= 15 is 0 Å². The third-order valence-corrected chi connectivity index (χ3v) is 3.40. The topological polar surface area (TPSA) is 108 Å². The van der Waals surface area contributed by atoms with E-state index in [1.54, 1.807) is 31.4 Å². The van der Waals surface area contributed by atoms with Gasteiger partial charge >= 0.3 is 5.97 Å². The van der Waals surface area contributed by atoms with Crippen molar-refractivity contribution in [3.05, 3.63) is 41.6 Å². The lowest BCUT2D eigenvalue weighted by Gasteiger charge is -2.07. The predicted octanol–water partition coefficient (Wildman–Crippen LogP) is 1.01. The van der Waals surface area contributed by atoms with Crippen LogP contribution in [0.5, 0.6) is 0 Å². The molecule has 0 radical (unpaired) electrons. The number of rotatable bonds is 7. The number of hydrogen-bond donors (Lipinski definition) is 2. The molecule has 24 heavy (non-hydrogen) atoms. The first-order valence-corrected chi connectivity index (χ1v) is 7.38. The summed E-state index contributed by atoms with van der Waals surface area (Å²) in [6.45, 7) is 1.14. The molecule has 2 rings (SSSR count). The van der Waals surface area contributed by atoms with Crippen LogP contribution in [0.25, 0.3) is 5.69 Å². The standard InChI is InChI=1S/C16H20N4O4/c1-23-9-3-8-18-15(21)11-4-6-12(7-5-11)20-14(17)13(10-19-20)16(22)24-2/h4-7,10H,3,8-9,17H2,1-2H3,(H,18,21). The smallest absolute Gasteiger partial charge is 0.343 e. The van der Waals surface area contributed by atoms with Gasteiger partial charge in [-0.05, 0) is 30.7 Å². The molecule has 0 aliphatic rings. The first kappa shape index (κ1) is 17.5. The Balaban J connectivity index is 2.08. The highest BCUT2D eigenvalue weighted by Crippen LogP contribution is 2.18. The van der Waals surface area contributed by atoms with Crippen LogP contribution >= 0.6 is 0 Å². The number of methoxy groups -OCH3 is 2. The fourth-order valence-corrected chi connectivity index (χ4v) is 2.11. The summed E-state index contributed by atoms with van der Waals surface area (Å²) in [5.74, 6) is -0.536. The number of benzene rings is 1. The van der Waals surface area contributed by atoms with Crippen molar-refractivity contribution in [3.8, 4) is 5.69 Å². The minimum Gasteiger partial charge on any atom is -0.465 e. The normalized spacial score (nSPS) is 10.4. The number of carbonyl (C=O) groups is 2. The molecule has 0 spiro atoms. The largest absolute Gasteiger partial charge is 0.465 e. The van der Waals surface area contributed by atoms with Crippen LogP contribution in [-0.2, 0) is 9.47 Å². The van der Waals surface area contributed by atoms with Gasteiger partial charge in [0.2, 0.25) is 0 Å². The van der Waals surface area contributed by atoms with Gasteiger partial charge in [0.25, 0.3) is 5.91 Å². The molecule has 3 N–H and O–H groups in total. The van der Waals surface area contributed by atoms with Crippen LogP contribution in [0, 0.1) is 0 Å². The van der Waals surface area contributed by atoms with Crippen molar-refractivity contribution in [3.63, 3.8) is 0 Å². The number of esters is 1. The number of hydrogen-bond acceptors (Lipinski definition) is 6. The number of ether oxygens (including phenoxy) is 2. The molecular formula is C16H20N4O4.